The minimum atomic E-state index is -0.708. The van der Waals surface area contributed by atoms with E-state index in [0.717, 1.165) is 5.69 Å². The molecular formula is C12H15N5O2. The highest BCUT2D eigenvalue weighted by molar-refractivity contribution is 5.70. The molecule has 0 aliphatic carbocycles. The number of nitrogens with zero attached hydrogens (tertiary/aromatic N) is 5. The van der Waals surface area contributed by atoms with Crippen molar-refractivity contribution in [3.63, 3.8) is 0 Å². The van der Waals surface area contributed by atoms with Crippen LogP contribution in [0.2, 0.25) is 0 Å². The maximum Gasteiger partial charge on any atom is 0.306 e. The normalized spacial score (nSPS) is 17.0. The topological polar surface area (TPSA) is 83.6 Å². The minimum absolute atomic E-state index is 0.242. The van der Waals surface area contributed by atoms with Crippen molar-refractivity contribution >= 4 is 17.7 Å². The standard InChI is InChI=1S/C12H15N5O2/c1-8-2-7-17-11(13-8)14-12(15-17)16-5-3-9(4-6-16)10(18)19/h2,7,9H,3-6H2,1H3,(H,18,19). The quantitative estimate of drug-likeness (QED) is 0.858. The number of hydrogen-bond acceptors (Lipinski definition) is 5. The Morgan fingerprint density at radius 2 is 2.11 bits per heavy atom. The second-order valence-corrected chi connectivity index (χ2v) is 4.82. The molecule has 0 amide bonds. The number of piperidine rings is 1. The van der Waals surface area contributed by atoms with E-state index in [2.05, 4.69) is 15.1 Å². The summed E-state index contributed by atoms with van der Waals surface area (Å²) in [6.45, 7) is 3.26. The lowest BCUT2D eigenvalue weighted by Gasteiger charge is -2.28. The number of hydrogen-bond donors (Lipinski definition) is 1. The van der Waals surface area contributed by atoms with Crippen LogP contribution >= 0.6 is 0 Å². The summed E-state index contributed by atoms with van der Waals surface area (Å²) in [4.78, 5) is 21.6. The van der Waals surface area contributed by atoms with Crippen molar-refractivity contribution in [2.75, 3.05) is 18.0 Å². The van der Waals surface area contributed by atoms with Crippen LogP contribution in [-0.4, -0.2) is 43.7 Å². The number of aryl methyl sites for hydroxylation is 1. The fourth-order valence-electron chi connectivity index (χ4n) is 2.31. The van der Waals surface area contributed by atoms with Gasteiger partial charge in [0.1, 0.15) is 0 Å². The van der Waals surface area contributed by atoms with Crippen LogP contribution < -0.4 is 4.90 Å². The lowest BCUT2D eigenvalue weighted by Crippen LogP contribution is -2.36. The van der Waals surface area contributed by atoms with Gasteiger partial charge in [0, 0.05) is 25.0 Å². The number of fused-ring (bicyclic) bond motifs is 1. The zero-order valence-corrected chi connectivity index (χ0v) is 10.7. The molecule has 19 heavy (non-hydrogen) atoms. The highest BCUT2D eigenvalue weighted by atomic mass is 16.4. The van der Waals surface area contributed by atoms with E-state index < -0.39 is 5.97 Å². The fourth-order valence-corrected chi connectivity index (χ4v) is 2.31. The van der Waals surface area contributed by atoms with E-state index in [0.29, 0.717) is 37.7 Å². The van der Waals surface area contributed by atoms with E-state index in [9.17, 15) is 4.79 Å². The molecule has 1 N–H and O–H groups in total. The zero-order chi connectivity index (χ0) is 13.4. The third-order valence-electron chi connectivity index (χ3n) is 3.46. The van der Waals surface area contributed by atoms with E-state index in [4.69, 9.17) is 5.11 Å². The molecule has 2 aromatic rings. The first-order chi connectivity index (χ1) is 9.13. The predicted octanol–water partition coefficient (Wildman–Crippen LogP) is 0.734. The molecule has 3 heterocycles. The number of aliphatic carboxylic acids is 1. The number of carboxylic acid groups (broad SMARTS) is 1. The fraction of sp³-hybridized carbons (Fsp3) is 0.500. The smallest absolute Gasteiger partial charge is 0.306 e. The van der Waals surface area contributed by atoms with Gasteiger partial charge in [0.15, 0.2) is 0 Å². The Labute approximate surface area is 109 Å². The Balaban J connectivity index is 1.80. The van der Waals surface area contributed by atoms with Gasteiger partial charge in [-0.25, -0.2) is 9.50 Å². The summed E-state index contributed by atoms with van der Waals surface area (Å²) in [7, 11) is 0. The first-order valence-electron chi connectivity index (χ1n) is 6.31. The number of aromatic nitrogens is 4. The Morgan fingerprint density at radius 3 is 2.79 bits per heavy atom. The number of carboxylic acids is 1. The maximum atomic E-state index is 10.9. The lowest BCUT2D eigenvalue weighted by atomic mass is 9.97. The van der Waals surface area contributed by atoms with Crippen LogP contribution in [-0.2, 0) is 4.79 Å². The molecule has 0 unspecified atom stereocenters. The van der Waals surface area contributed by atoms with Crippen LogP contribution in [0.25, 0.3) is 5.78 Å². The SMILES string of the molecule is Cc1ccn2nc(N3CCC(C(=O)O)CC3)nc2n1. The lowest BCUT2D eigenvalue weighted by molar-refractivity contribution is -0.142. The Kier molecular flexibility index (Phi) is 2.81. The molecule has 1 saturated heterocycles. The second kappa shape index (κ2) is 4.49. The second-order valence-electron chi connectivity index (χ2n) is 4.82. The van der Waals surface area contributed by atoms with Crippen molar-refractivity contribution in [2.45, 2.75) is 19.8 Å². The molecule has 7 nitrogen and oxygen atoms in total. The van der Waals surface area contributed by atoms with Gasteiger partial charge in [-0.2, -0.15) is 4.98 Å². The molecule has 3 rings (SSSR count). The van der Waals surface area contributed by atoms with E-state index in [1.54, 1.807) is 4.52 Å². The van der Waals surface area contributed by atoms with Crippen molar-refractivity contribution in [1.29, 1.82) is 0 Å². The number of anilines is 1. The van der Waals surface area contributed by atoms with Gasteiger partial charge in [0.05, 0.1) is 5.92 Å². The van der Waals surface area contributed by atoms with E-state index >= 15 is 0 Å². The highest BCUT2D eigenvalue weighted by Crippen LogP contribution is 2.21. The summed E-state index contributed by atoms with van der Waals surface area (Å²) in [5.41, 5.74) is 0.899. The molecule has 1 aliphatic rings. The maximum absolute atomic E-state index is 10.9. The van der Waals surface area contributed by atoms with E-state index in [1.165, 1.54) is 0 Å². The summed E-state index contributed by atoms with van der Waals surface area (Å²) in [5, 5.41) is 13.3. The third-order valence-corrected chi connectivity index (χ3v) is 3.46. The van der Waals surface area contributed by atoms with Gasteiger partial charge in [0.2, 0.25) is 5.95 Å². The Bertz CT molecular complexity index is 616. The molecule has 1 fully saturated rings. The molecule has 7 heteroatoms. The highest BCUT2D eigenvalue weighted by Gasteiger charge is 2.26. The molecule has 2 aromatic heterocycles. The van der Waals surface area contributed by atoms with Crippen LogP contribution in [0.5, 0.6) is 0 Å². The van der Waals surface area contributed by atoms with Crippen LogP contribution in [0, 0.1) is 12.8 Å². The monoisotopic (exact) mass is 261 g/mol. The average molecular weight is 261 g/mol. The van der Waals surface area contributed by atoms with Gasteiger partial charge >= 0.3 is 5.97 Å². The van der Waals surface area contributed by atoms with E-state index in [1.807, 2.05) is 24.1 Å². The van der Waals surface area contributed by atoms with Gasteiger partial charge < -0.3 is 10.0 Å². The molecule has 0 spiro atoms. The molecule has 0 atom stereocenters. The first-order valence-corrected chi connectivity index (χ1v) is 6.31. The van der Waals surface area contributed by atoms with Gasteiger partial charge in [-0.15, -0.1) is 5.10 Å². The Morgan fingerprint density at radius 1 is 1.37 bits per heavy atom. The molecule has 0 bridgehead atoms. The third kappa shape index (κ3) is 2.23. The van der Waals surface area contributed by atoms with Crippen LogP contribution in [0.1, 0.15) is 18.5 Å². The summed E-state index contributed by atoms with van der Waals surface area (Å²) < 4.78 is 1.64. The molecule has 0 saturated carbocycles. The summed E-state index contributed by atoms with van der Waals surface area (Å²) in [6, 6.07) is 1.88. The van der Waals surface area contributed by atoms with Crippen molar-refractivity contribution in [1.82, 2.24) is 19.6 Å². The minimum Gasteiger partial charge on any atom is -0.481 e. The molecule has 0 radical (unpaired) electrons. The van der Waals surface area contributed by atoms with Crippen molar-refractivity contribution in [2.24, 2.45) is 5.92 Å². The summed E-state index contributed by atoms with van der Waals surface area (Å²) in [5.74, 6) is 0.255. The van der Waals surface area contributed by atoms with Crippen molar-refractivity contribution in [3.05, 3.63) is 18.0 Å². The summed E-state index contributed by atoms with van der Waals surface area (Å²) >= 11 is 0. The zero-order valence-electron chi connectivity index (χ0n) is 10.7. The van der Waals surface area contributed by atoms with Crippen LogP contribution in [0.4, 0.5) is 5.95 Å². The van der Waals surface area contributed by atoms with Crippen LogP contribution in [0.15, 0.2) is 12.3 Å². The van der Waals surface area contributed by atoms with Gasteiger partial charge in [-0.1, -0.05) is 0 Å². The van der Waals surface area contributed by atoms with Crippen molar-refractivity contribution in [3.8, 4) is 0 Å². The summed E-state index contributed by atoms with van der Waals surface area (Å²) in [6.07, 6.45) is 3.10. The number of carbonyl (C=O) groups is 1. The Hall–Kier alpha value is -2.18. The average Bonchev–Trinajstić information content (AvgIpc) is 2.81. The van der Waals surface area contributed by atoms with Crippen molar-refractivity contribution < 1.29 is 9.90 Å². The molecule has 0 aromatic carbocycles. The van der Waals surface area contributed by atoms with E-state index in [-0.39, 0.29) is 5.92 Å². The number of rotatable bonds is 2. The van der Waals surface area contributed by atoms with Gasteiger partial charge in [-0.05, 0) is 25.8 Å². The largest absolute Gasteiger partial charge is 0.481 e. The van der Waals surface area contributed by atoms with Gasteiger partial charge in [-0.3, -0.25) is 4.79 Å². The first kappa shape index (κ1) is 11.9. The predicted molar refractivity (Wildman–Crippen MR) is 68.1 cm³/mol. The molecular weight excluding hydrogens is 246 g/mol. The van der Waals surface area contributed by atoms with Crippen LogP contribution in [0.3, 0.4) is 0 Å². The molecule has 1 aliphatic heterocycles. The van der Waals surface area contributed by atoms with Gasteiger partial charge in [0.25, 0.3) is 5.78 Å². The molecule has 100 valence electrons.